The van der Waals surface area contributed by atoms with Crippen molar-refractivity contribution in [2.75, 3.05) is 0 Å². The Labute approximate surface area is 125 Å². The van der Waals surface area contributed by atoms with Crippen LogP contribution in [0.4, 0.5) is 0 Å². The first-order chi connectivity index (χ1) is 9.24. The third-order valence-corrected chi connectivity index (χ3v) is 3.58. The van der Waals surface area contributed by atoms with Gasteiger partial charge in [-0.2, -0.15) is 5.10 Å². The molecule has 0 radical (unpaired) electrons. The van der Waals surface area contributed by atoms with Crippen molar-refractivity contribution < 1.29 is 4.74 Å². The lowest BCUT2D eigenvalue weighted by Crippen LogP contribution is -2.08. The minimum absolute atomic E-state index is 0.368. The number of aromatic nitrogens is 3. The normalized spacial score (nSPS) is 10.7. The van der Waals surface area contributed by atoms with Crippen molar-refractivity contribution in [3.05, 3.63) is 40.9 Å². The topological polar surface area (TPSA) is 39.9 Å². The van der Waals surface area contributed by atoms with Gasteiger partial charge in [-0.3, -0.25) is 0 Å². The Morgan fingerprint density at radius 2 is 2.26 bits per heavy atom. The molecule has 0 saturated carbocycles. The van der Waals surface area contributed by atoms with E-state index in [0.29, 0.717) is 17.4 Å². The average Bonchev–Trinajstić information content (AvgIpc) is 2.85. The first-order valence-corrected chi connectivity index (χ1v) is 7.58. The highest BCUT2D eigenvalue weighted by Crippen LogP contribution is 2.26. The van der Waals surface area contributed by atoms with Gasteiger partial charge in [0.15, 0.2) is 5.82 Å². The van der Waals surface area contributed by atoms with Crippen molar-refractivity contribution >= 4 is 27.5 Å². The van der Waals surface area contributed by atoms with Gasteiger partial charge in [-0.25, -0.2) is 9.67 Å². The van der Waals surface area contributed by atoms with Gasteiger partial charge in [-0.1, -0.05) is 40.5 Å². The lowest BCUT2D eigenvalue weighted by Gasteiger charge is -2.09. The van der Waals surface area contributed by atoms with Crippen molar-refractivity contribution in [1.29, 1.82) is 0 Å². The molecule has 1 heterocycles. The third-order valence-electron chi connectivity index (χ3n) is 2.64. The van der Waals surface area contributed by atoms with E-state index < -0.39 is 0 Å². The quantitative estimate of drug-likeness (QED) is 0.748. The molecule has 1 aromatic carbocycles. The highest BCUT2D eigenvalue weighted by atomic mass is 79.9. The number of benzene rings is 1. The first kappa shape index (κ1) is 14.3. The largest absolute Gasteiger partial charge is 0.484 e. The summed E-state index contributed by atoms with van der Waals surface area (Å²) in [6, 6.07) is 5.74. The van der Waals surface area contributed by atoms with Crippen LogP contribution in [0.3, 0.4) is 0 Å². The van der Waals surface area contributed by atoms with Crippen molar-refractivity contribution in [2.24, 2.45) is 0 Å². The van der Waals surface area contributed by atoms with E-state index >= 15 is 0 Å². The molecule has 0 N–H and O–H groups in total. The molecule has 19 heavy (non-hydrogen) atoms. The molecule has 0 fully saturated rings. The molecular formula is C13H15BrClN3O. The molecule has 0 aliphatic carbocycles. The summed E-state index contributed by atoms with van der Waals surface area (Å²) < 4.78 is 7.55. The molecule has 102 valence electrons. The van der Waals surface area contributed by atoms with Crippen molar-refractivity contribution in [3.63, 3.8) is 0 Å². The fraction of sp³-hybridized carbons (Fsp3) is 0.385. The van der Waals surface area contributed by atoms with Gasteiger partial charge in [-0.05, 0) is 24.1 Å². The van der Waals surface area contributed by atoms with E-state index in [2.05, 4.69) is 32.9 Å². The monoisotopic (exact) mass is 343 g/mol. The zero-order chi connectivity index (χ0) is 13.7. The van der Waals surface area contributed by atoms with Crippen LogP contribution in [-0.2, 0) is 18.5 Å². The molecular weight excluding hydrogens is 330 g/mol. The number of ether oxygens (including phenoxy) is 1. The van der Waals surface area contributed by atoms with E-state index in [-0.39, 0.29) is 0 Å². The van der Waals surface area contributed by atoms with Crippen molar-refractivity contribution in [3.8, 4) is 5.75 Å². The summed E-state index contributed by atoms with van der Waals surface area (Å²) in [6.07, 6.45) is 2.56. The van der Waals surface area contributed by atoms with Crippen LogP contribution in [0.25, 0.3) is 0 Å². The number of alkyl halides is 1. The molecule has 4 nitrogen and oxygen atoms in total. The zero-order valence-electron chi connectivity index (χ0n) is 10.6. The number of hydrogen-bond acceptors (Lipinski definition) is 3. The van der Waals surface area contributed by atoms with Crippen LogP contribution in [0.15, 0.2) is 24.5 Å². The van der Waals surface area contributed by atoms with Gasteiger partial charge >= 0.3 is 0 Å². The molecule has 0 saturated heterocycles. The third kappa shape index (κ3) is 3.70. The average molecular weight is 345 g/mol. The SMILES string of the molecule is CCCn1ncnc1COc1ccc(CBr)cc1Cl. The van der Waals surface area contributed by atoms with Crippen LogP contribution in [0, 0.1) is 0 Å². The molecule has 0 amide bonds. The lowest BCUT2D eigenvalue weighted by molar-refractivity contribution is 0.286. The van der Waals surface area contributed by atoms with Crippen LogP contribution in [0.5, 0.6) is 5.75 Å². The second-order valence-electron chi connectivity index (χ2n) is 4.09. The molecule has 0 aliphatic heterocycles. The maximum Gasteiger partial charge on any atom is 0.164 e. The van der Waals surface area contributed by atoms with E-state index in [1.807, 2.05) is 22.9 Å². The predicted octanol–water partition coefficient (Wildman–Crippen LogP) is 3.82. The Morgan fingerprint density at radius 1 is 1.42 bits per heavy atom. The number of aryl methyl sites for hydroxylation is 1. The fourth-order valence-electron chi connectivity index (χ4n) is 1.69. The molecule has 0 unspecified atom stereocenters. The maximum absolute atomic E-state index is 6.16. The van der Waals surface area contributed by atoms with Gasteiger partial charge in [0.25, 0.3) is 0 Å². The molecule has 2 aromatic rings. The Balaban J connectivity index is 2.04. The summed E-state index contributed by atoms with van der Waals surface area (Å²) >= 11 is 9.55. The molecule has 1 aromatic heterocycles. The molecule has 2 rings (SSSR count). The van der Waals surface area contributed by atoms with Crippen molar-refractivity contribution in [2.45, 2.75) is 31.8 Å². The van der Waals surface area contributed by atoms with Crippen LogP contribution < -0.4 is 4.74 Å². The summed E-state index contributed by atoms with van der Waals surface area (Å²) in [4.78, 5) is 4.19. The second-order valence-corrected chi connectivity index (χ2v) is 5.05. The number of nitrogens with zero attached hydrogens (tertiary/aromatic N) is 3. The first-order valence-electron chi connectivity index (χ1n) is 6.08. The summed E-state index contributed by atoms with van der Waals surface area (Å²) in [6.45, 7) is 3.31. The van der Waals surface area contributed by atoms with Gasteiger partial charge in [0.1, 0.15) is 18.7 Å². The smallest absolute Gasteiger partial charge is 0.164 e. The minimum Gasteiger partial charge on any atom is -0.484 e. The van der Waals surface area contributed by atoms with E-state index in [1.54, 1.807) is 6.33 Å². The van der Waals surface area contributed by atoms with Gasteiger partial charge in [-0.15, -0.1) is 0 Å². The predicted molar refractivity (Wildman–Crippen MR) is 78.7 cm³/mol. The van der Waals surface area contributed by atoms with Gasteiger partial charge in [0, 0.05) is 11.9 Å². The summed E-state index contributed by atoms with van der Waals surface area (Å²) in [5, 5.41) is 5.54. The van der Waals surface area contributed by atoms with Gasteiger partial charge < -0.3 is 4.74 Å². The van der Waals surface area contributed by atoms with Crippen LogP contribution in [0.1, 0.15) is 24.7 Å². The highest BCUT2D eigenvalue weighted by molar-refractivity contribution is 9.08. The Kier molecular flexibility index (Phi) is 5.22. The van der Waals surface area contributed by atoms with Crippen molar-refractivity contribution in [1.82, 2.24) is 14.8 Å². The summed E-state index contributed by atoms with van der Waals surface area (Å²) in [5.74, 6) is 1.47. The van der Waals surface area contributed by atoms with Crippen LogP contribution in [0.2, 0.25) is 5.02 Å². The van der Waals surface area contributed by atoms with E-state index in [0.717, 1.165) is 29.7 Å². The van der Waals surface area contributed by atoms with Crippen LogP contribution >= 0.6 is 27.5 Å². The zero-order valence-corrected chi connectivity index (χ0v) is 13.0. The lowest BCUT2D eigenvalue weighted by atomic mass is 10.2. The van der Waals surface area contributed by atoms with Crippen LogP contribution in [-0.4, -0.2) is 14.8 Å². The van der Waals surface area contributed by atoms with Gasteiger partial charge in [0.2, 0.25) is 0 Å². The molecule has 0 spiro atoms. The standard InChI is InChI=1S/C13H15BrClN3O/c1-2-5-18-13(16-9-17-18)8-19-12-4-3-10(7-14)6-11(12)15/h3-4,6,9H,2,5,7-8H2,1H3. The fourth-order valence-corrected chi connectivity index (χ4v) is 2.29. The van der Waals surface area contributed by atoms with E-state index in [4.69, 9.17) is 16.3 Å². The molecule has 6 heteroatoms. The van der Waals surface area contributed by atoms with Gasteiger partial charge in [0.05, 0.1) is 5.02 Å². The van der Waals surface area contributed by atoms with E-state index in [9.17, 15) is 0 Å². The maximum atomic E-state index is 6.16. The number of hydrogen-bond donors (Lipinski definition) is 0. The molecule has 0 aliphatic rings. The molecule has 0 atom stereocenters. The second kappa shape index (κ2) is 6.91. The number of rotatable bonds is 6. The Morgan fingerprint density at radius 3 is 2.95 bits per heavy atom. The Bertz CT molecular complexity index is 544. The molecule has 0 bridgehead atoms. The summed E-state index contributed by atoms with van der Waals surface area (Å²) in [7, 11) is 0. The minimum atomic E-state index is 0.368. The number of halogens is 2. The highest BCUT2D eigenvalue weighted by Gasteiger charge is 2.07. The van der Waals surface area contributed by atoms with E-state index in [1.165, 1.54) is 0 Å². The summed E-state index contributed by atoms with van der Waals surface area (Å²) in [5.41, 5.74) is 1.12. The Hall–Kier alpha value is -1.07.